The van der Waals surface area contributed by atoms with Gasteiger partial charge in [0.2, 0.25) is 0 Å². The zero-order chi connectivity index (χ0) is 11.1. The van der Waals surface area contributed by atoms with Crippen LogP contribution in [0.1, 0.15) is 30.9 Å². The van der Waals surface area contributed by atoms with Crippen molar-refractivity contribution >= 4 is 10.8 Å². The van der Waals surface area contributed by atoms with E-state index in [1.54, 1.807) is 0 Å². The Morgan fingerprint density at radius 1 is 1.20 bits per heavy atom. The SMILES string of the molecule is CCCCS(=O)Cc1ccc(CO)cc1. The average Bonchev–Trinajstić information content (AvgIpc) is 2.27. The maximum Gasteiger partial charge on any atom is 0.0681 e. The van der Waals surface area contributed by atoms with Gasteiger partial charge in [-0.2, -0.15) is 0 Å². The predicted molar refractivity (Wildman–Crippen MR) is 64.0 cm³/mol. The van der Waals surface area contributed by atoms with Crippen molar-refractivity contribution in [1.29, 1.82) is 0 Å². The van der Waals surface area contributed by atoms with Gasteiger partial charge in [0.05, 0.1) is 6.61 Å². The molecule has 1 aromatic rings. The van der Waals surface area contributed by atoms with Crippen molar-refractivity contribution in [2.24, 2.45) is 0 Å². The van der Waals surface area contributed by atoms with E-state index in [1.165, 1.54) is 0 Å². The molecule has 2 nitrogen and oxygen atoms in total. The van der Waals surface area contributed by atoms with Crippen molar-refractivity contribution < 1.29 is 9.32 Å². The maximum atomic E-state index is 11.6. The van der Waals surface area contributed by atoms with Crippen LogP contribution in [-0.2, 0) is 23.2 Å². The fourth-order valence-electron chi connectivity index (χ4n) is 1.30. The Hall–Kier alpha value is -0.670. The van der Waals surface area contributed by atoms with Crippen LogP contribution in [-0.4, -0.2) is 15.1 Å². The Bertz CT molecular complexity index is 306. The number of hydrogen-bond donors (Lipinski definition) is 1. The van der Waals surface area contributed by atoms with Crippen LogP contribution in [0.15, 0.2) is 24.3 Å². The van der Waals surface area contributed by atoms with E-state index in [-0.39, 0.29) is 6.61 Å². The first-order valence-electron chi connectivity index (χ1n) is 5.30. The van der Waals surface area contributed by atoms with Crippen molar-refractivity contribution in [2.75, 3.05) is 5.75 Å². The van der Waals surface area contributed by atoms with E-state index in [0.717, 1.165) is 29.7 Å². The molecule has 0 aromatic heterocycles. The molecule has 0 bridgehead atoms. The Kier molecular flexibility index (Phi) is 5.58. The van der Waals surface area contributed by atoms with Crippen molar-refractivity contribution in [3.63, 3.8) is 0 Å². The largest absolute Gasteiger partial charge is 0.392 e. The predicted octanol–water partition coefficient (Wildman–Crippen LogP) is 2.23. The van der Waals surface area contributed by atoms with Crippen LogP contribution in [0.3, 0.4) is 0 Å². The van der Waals surface area contributed by atoms with Crippen molar-refractivity contribution in [3.05, 3.63) is 35.4 Å². The fourth-order valence-corrected chi connectivity index (χ4v) is 2.62. The normalized spacial score (nSPS) is 12.7. The fraction of sp³-hybridized carbons (Fsp3) is 0.500. The quantitative estimate of drug-likeness (QED) is 0.807. The topological polar surface area (TPSA) is 37.3 Å². The highest BCUT2D eigenvalue weighted by Gasteiger charge is 2.01. The summed E-state index contributed by atoms with van der Waals surface area (Å²) in [5, 5.41) is 8.87. The van der Waals surface area contributed by atoms with E-state index in [9.17, 15) is 4.21 Å². The standard InChI is InChI=1S/C12H18O2S/c1-2-3-8-15(14)10-12-6-4-11(9-13)5-7-12/h4-7,13H,2-3,8-10H2,1H3. The first-order chi connectivity index (χ1) is 7.26. The molecule has 1 unspecified atom stereocenters. The van der Waals surface area contributed by atoms with Gasteiger partial charge in [-0.05, 0) is 17.5 Å². The second kappa shape index (κ2) is 6.75. The third-order valence-electron chi connectivity index (χ3n) is 2.26. The van der Waals surface area contributed by atoms with Crippen LogP contribution in [0.5, 0.6) is 0 Å². The number of rotatable bonds is 6. The molecule has 1 atom stereocenters. The lowest BCUT2D eigenvalue weighted by molar-refractivity contribution is 0.282. The zero-order valence-electron chi connectivity index (χ0n) is 9.11. The highest BCUT2D eigenvalue weighted by Crippen LogP contribution is 2.07. The number of hydrogen-bond acceptors (Lipinski definition) is 2. The molecular weight excluding hydrogens is 208 g/mol. The second-order valence-electron chi connectivity index (χ2n) is 3.62. The summed E-state index contributed by atoms with van der Waals surface area (Å²) in [5.41, 5.74) is 1.99. The summed E-state index contributed by atoms with van der Waals surface area (Å²) in [5.74, 6) is 1.42. The van der Waals surface area contributed by atoms with Crippen molar-refractivity contribution in [1.82, 2.24) is 0 Å². The van der Waals surface area contributed by atoms with Crippen LogP contribution in [0.2, 0.25) is 0 Å². The van der Waals surface area contributed by atoms with Crippen molar-refractivity contribution in [3.8, 4) is 0 Å². The molecule has 0 radical (unpaired) electrons. The number of unbranched alkanes of at least 4 members (excludes halogenated alkanes) is 1. The highest BCUT2D eigenvalue weighted by atomic mass is 32.2. The van der Waals surface area contributed by atoms with Crippen LogP contribution in [0.4, 0.5) is 0 Å². The maximum absolute atomic E-state index is 11.6. The molecule has 0 fully saturated rings. The zero-order valence-corrected chi connectivity index (χ0v) is 9.93. The molecule has 0 aliphatic carbocycles. The van der Waals surface area contributed by atoms with E-state index < -0.39 is 10.8 Å². The van der Waals surface area contributed by atoms with Gasteiger partial charge in [-0.15, -0.1) is 0 Å². The minimum absolute atomic E-state index is 0.0687. The number of aliphatic hydroxyl groups excluding tert-OH is 1. The van der Waals surface area contributed by atoms with Gasteiger partial charge in [0.1, 0.15) is 0 Å². The smallest absolute Gasteiger partial charge is 0.0681 e. The first kappa shape index (κ1) is 12.4. The van der Waals surface area contributed by atoms with E-state index in [4.69, 9.17) is 5.11 Å². The van der Waals surface area contributed by atoms with Gasteiger partial charge >= 0.3 is 0 Å². The van der Waals surface area contributed by atoms with E-state index in [2.05, 4.69) is 6.92 Å². The minimum Gasteiger partial charge on any atom is -0.392 e. The molecule has 0 heterocycles. The van der Waals surface area contributed by atoms with Gasteiger partial charge in [-0.1, -0.05) is 37.6 Å². The minimum atomic E-state index is -0.742. The van der Waals surface area contributed by atoms with Crippen molar-refractivity contribution in [2.45, 2.75) is 32.1 Å². The summed E-state index contributed by atoms with van der Waals surface area (Å²) in [6.07, 6.45) is 2.12. The molecule has 0 spiro atoms. The molecule has 0 aliphatic rings. The molecule has 0 amide bonds. The molecule has 1 N–H and O–H groups in total. The summed E-state index contributed by atoms with van der Waals surface area (Å²) in [6.45, 7) is 2.17. The van der Waals surface area contributed by atoms with Crippen LogP contribution in [0, 0.1) is 0 Å². The Labute approximate surface area is 93.8 Å². The third kappa shape index (κ3) is 4.58. The second-order valence-corrected chi connectivity index (χ2v) is 5.19. The van der Waals surface area contributed by atoms with Crippen LogP contribution >= 0.6 is 0 Å². The average molecular weight is 226 g/mol. The van der Waals surface area contributed by atoms with Gasteiger partial charge in [0.15, 0.2) is 0 Å². The molecule has 0 saturated carbocycles. The van der Waals surface area contributed by atoms with Gasteiger partial charge < -0.3 is 5.11 Å². The Morgan fingerprint density at radius 2 is 1.80 bits per heavy atom. The lowest BCUT2D eigenvalue weighted by atomic mass is 10.2. The lowest BCUT2D eigenvalue weighted by Gasteiger charge is -2.02. The molecular formula is C12H18O2S. The third-order valence-corrected chi connectivity index (χ3v) is 3.66. The molecule has 3 heteroatoms. The highest BCUT2D eigenvalue weighted by molar-refractivity contribution is 7.84. The first-order valence-corrected chi connectivity index (χ1v) is 6.78. The van der Waals surface area contributed by atoms with Crippen LogP contribution in [0.25, 0.3) is 0 Å². The molecule has 84 valence electrons. The Morgan fingerprint density at radius 3 is 2.33 bits per heavy atom. The molecule has 15 heavy (non-hydrogen) atoms. The van der Waals surface area contributed by atoms with E-state index >= 15 is 0 Å². The lowest BCUT2D eigenvalue weighted by Crippen LogP contribution is -2.00. The van der Waals surface area contributed by atoms with Gasteiger partial charge in [0, 0.05) is 22.3 Å². The summed E-state index contributed by atoms with van der Waals surface area (Å²) >= 11 is 0. The van der Waals surface area contributed by atoms with E-state index in [0.29, 0.717) is 5.75 Å². The summed E-state index contributed by atoms with van der Waals surface area (Å²) in [7, 11) is -0.742. The number of aliphatic hydroxyl groups is 1. The summed E-state index contributed by atoms with van der Waals surface area (Å²) in [6, 6.07) is 7.64. The monoisotopic (exact) mass is 226 g/mol. The van der Waals surface area contributed by atoms with Gasteiger partial charge in [0.25, 0.3) is 0 Å². The summed E-state index contributed by atoms with van der Waals surface area (Å²) < 4.78 is 11.6. The van der Waals surface area contributed by atoms with Crippen LogP contribution < -0.4 is 0 Å². The number of benzene rings is 1. The Balaban J connectivity index is 2.46. The van der Waals surface area contributed by atoms with Gasteiger partial charge in [-0.25, -0.2) is 0 Å². The summed E-state index contributed by atoms with van der Waals surface area (Å²) in [4.78, 5) is 0. The molecule has 0 saturated heterocycles. The molecule has 0 aliphatic heterocycles. The van der Waals surface area contributed by atoms with E-state index in [1.807, 2.05) is 24.3 Å². The molecule has 1 rings (SSSR count). The van der Waals surface area contributed by atoms with Gasteiger partial charge in [-0.3, -0.25) is 4.21 Å². The molecule has 1 aromatic carbocycles.